The normalized spacial score (nSPS) is 28.2. The predicted octanol–water partition coefficient (Wildman–Crippen LogP) is 5.06. The molecule has 5 heteroatoms. The highest BCUT2D eigenvalue weighted by atomic mass is 127. The van der Waals surface area contributed by atoms with Crippen LogP contribution in [0.4, 0.5) is 0 Å². The minimum atomic E-state index is -0.843. The molecule has 4 rings (SSSR count). The van der Waals surface area contributed by atoms with E-state index in [1.54, 1.807) is 0 Å². The number of rotatable bonds is 3. The molecule has 4 nitrogen and oxygen atoms in total. The second kappa shape index (κ2) is 6.27. The van der Waals surface area contributed by atoms with Crippen molar-refractivity contribution in [1.82, 2.24) is 9.88 Å². The number of H-pyrrole nitrogens is 1. The van der Waals surface area contributed by atoms with Gasteiger partial charge in [-0.3, -0.25) is 4.90 Å². The number of nitrogens with zero attached hydrogens (tertiary/aromatic N) is 1. The smallest absolute Gasteiger partial charge is 0.338 e. The van der Waals surface area contributed by atoms with Gasteiger partial charge in [0.25, 0.3) is 0 Å². The number of halogens is 1. The summed E-state index contributed by atoms with van der Waals surface area (Å²) in [4.78, 5) is 17.5. The summed E-state index contributed by atoms with van der Waals surface area (Å²) in [5, 5.41) is 10.4. The van der Waals surface area contributed by atoms with Crippen molar-refractivity contribution in [2.45, 2.75) is 61.5 Å². The van der Waals surface area contributed by atoms with E-state index < -0.39 is 5.97 Å². The van der Waals surface area contributed by atoms with Crippen LogP contribution >= 0.6 is 22.6 Å². The molecule has 3 atom stereocenters. The van der Waals surface area contributed by atoms with Crippen LogP contribution in [0, 0.1) is 6.92 Å². The average Bonchev–Trinajstić information content (AvgIpc) is 3.23. The largest absolute Gasteiger partial charge is 0.478 e. The summed E-state index contributed by atoms with van der Waals surface area (Å²) in [5.74, 6) is -0.304. The summed E-state index contributed by atoms with van der Waals surface area (Å²) < 4.78 is 0.576. The fraction of sp³-hybridized carbons (Fsp3) is 0.550. The highest BCUT2D eigenvalue weighted by molar-refractivity contribution is 14.1. The number of aromatic carboxylic acids is 1. The van der Waals surface area contributed by atoms with Crippen molar-refractivity contribution >= 4 is 39.5 Å². The number of nitrogens with one attached hydrogen (secondary N) is 1. The standard InChI is InChI=1S/C20H25IN2O2/c1-12-18(19(24)25)16-10-14(4-5-17(16)22-12)15-6-8-20(11-15)7-3-9-23(20)13(2)21/h4-5,10,13,15,22H,3,6-9,11H2,1-2H3,(H,24,25). The van der Waals surface area contributed by atoms with Gasteiger partial charge < -0.3 is 10.1 Å². The van der Waals surface area contributed by atoms with Gasteiger partial charge in [-0.05, 0) is 76.1 Å². The number of hydrogen-bond acceptors (Lipinski definition) is 2. The summed E-state index contributed by atoms with van der Waals surface area (Å²) in [6, 6.07) is 6.38. The van der Waals surface area contributed by atoms with E-state index in [0.29, 0.717) is 21.1 Å². The van der Waals surface area contributed by atoms with Gasteiger partial charge in [0, 0.05) is 22.1 Å². The second-order valence-corrected chi connectivity index (χ2v) is 9.57. The Bertz CT molecular complexity index is 828. The highest BCUT2D eigenvalue weighted by Crippen LogP contribution is 2.51. The zero-order valence-corrected chi connectivity index (χ0v) is 17.0. The van der Waals surface area contributed by atoms with Crippen LogP contribution in [0.1, 0.15) is 66.6 Å². The Labute approximate surface area is 162 Å². The van der Waals surface area contributed by atoms with Crippen LogP contribution in [0.3, 0.4) is 0 Å². The number of fused-ring (bicyclic) bond motifs is 1. The first-order chi connectivity index (χ1) is 11.9. The monoisotopic (exact) mass is 452 g/mol. The number of aromatic amines is 1. The maximum absolute atomic E-state index is 11.6. The lowest BCUT2D eigenvalue weighted by Crippen LogP contribution is -2.44. The average molecular weight is 452 g/mol. The number of carbonyl (C=O) groups is 1. The molecule has 25 heavy (non-hydrogen) atoms. The Morgan fingerprint density at radius 3 is 2.96 bits per heavy atom. The summed E-state index contributed by atoms with van der Waals surface area (Å²) in [6.07, 6.45) is 6.29. The zero-order chi connectivity index (χ0) is 17.8. The lowest BCUT2D eigenvalue weighted by molar-refractivity contribution is 0.0698. The number of hydrogen-bond donors (Lipinski definition) is 2. The lowest BCUT2D eigenvalue weighted by atomic mass is 9.89. The molecule has 134 valence electrons. The molecule has 0 amide bonds. The van der Waals surface area contributed by atoms with Crippen LogP contribution in [0.15, 0.2) is 18.2 Å². The molecule has 1 aliphatic carbocycles. The predicted molar refractivity (Wildman–Crippen MR) is 109 cm³/mol. The molecule has 0 bridgehead atoms. The molecule has 3 unspecified atom stereocenters. The van der Waals surface area contributed by atoms with Crippen LogP contribution in [0.25, 0.3) is 10.9 Å². The third-order valence-corrected chi connectivity index (χ3v) is 7.03. The maximum atomic E-state index is 11.6. The summed E-state index contributed by atoms with van der Waals surface area (Å²) >= 11 is 2.55. The van der Waals surface area contributed by atoms with Gasteiger partial charge in [0.05, 0.1) is 9.61 Å². The first kappa shape index (κ1) is 17.3. The van der Waals surface area contributed by atoms with E-state index in [-0.39, 0.29) is 0 Å². The molecule has 2 fully saturated rings. The van der Waals surface area contributed by atoms with Crippen molar-refractivity contribution in [1.29, 1.82) is 0 Å². The minimum absolute atomic E-state index is 0.365. The molecule has 1 spiro atoms. The van der Waals surface area contributed by atoms with Crippen molar-refractivity contribution in [2.75, 3.05) is 6.54 Å². The van der Waals surface area contributed by atoms with Crippen LogP contribution in [0.5, 0.6) is 0 Å². The Kier molecular flexibility index (Phi) is 4.35. The first-order valence-corrected chi connectivity index (χ1v) is 10.4. The van der Waals surface area contributed by atoms with Crippen LogP contribution < -0.4 is 0 Å². The molecule has 2 aromatic rings. The maximum Gasteiger partial charge on any atom is 0.338 e. The SMILES string of the molecule is Cc1[nH]c2ccc(C3CCC4(CCCN4C(C)I)C3)cc2c1C(=O)O. The molecule has 1 aliphatic heterocycles. The third-order valence-electron chi connectivity index (χ3n) is 6.36. The molecule has 0 radical (unpaired) electrons. The van der Waals surface area contributed by atoms with E-state index in [4.69, 9.17) is 0 Å². The molecule has 2 heterocycles. The number of aromatic nitrogens is 1. The van der Waals surface area contributed by atoms with Gasteiger partial charge in [0.15, 0.2) is 0 Å². The van der Waals surface area contributed by atoms with Crippen molar-refractivity contribution in [3.63, 3.8) is 0 Å². The van der Waals surface area contributed by atoms with Crippen molar-refractivity contribution in [3.8, 4) is 0 Å². The van der Waals surface area contributed by atoms with Gasteiger partial charge in [-0.2, -0.15) is 0 Å². The fourth-order valence-corrected chi connectivity index (χ4v) is 6.14. The van der Waals surface area contributed by atoms with Gasteiger partial charge in [-0.15, -0.1) is 0 Å². The van der Waals surface area contributed by atoms with Gasteiger partial charge in [0.2, 0.25) is 0 Å². The topological polar surface area (TPSA) is 56.3 Å². The van der Waals surface area contributed by atoms with Gasteiger partial charge >= 0.3 is 5.97 Å². The number of benzene rings is 1. The molecule has 1 saturated carbocycles. The molecular formula is C20H25IN2O2. The van der Waals surface area contributed by atoms with Crippen LogP contribution in [-0.4, -0.2) is 37.1 Å². The minimum Gasteiger partial charge on any atom is -0.478 e. The summed E-state index contributed by atoms with van der Waals surface area (Å²) in [5.41, 5.74) is 3.76. The quantitative estimate of drug-likeness (QED) is 0.389. The Morgan fingerprint density at radius 1 is 1.44 bits per heavy atom. The van der Waals surface area contributed by atoms with Crippen LogP contribution in [0.2, 0.25) is 0 Å². The number of aryl methyl sites for hydroxylation is 1. The van der Waals surface area contributed by atoms with E-state index in [9.17, 15) is 9.90 Å². The molecule has 1 aromatic heterocycles. The molecule has 2 N–H and O–H groups in total. The summed E-state index contributed by atoms with van der Waals surface area (Å²) in [7, 11) is 0. The van der Waals surface area contributed by atoms with E-state index >= 15 is 0 Å². The lowest BCUT2D eigenvalue weighted by Gasteiger charge is -2.37. The van der Waals surface area contributed by atoms with Gasteiger partial charge in [-0.25, -0.2) is 4.79 Å². The number of likely N-dealkylation sites (tertiary alicyclic amines) is 1. The van der Waals surface area contributed by atoms with Gasteiger partial charge in [0.1, 0.15) is 0 Å². The molecule has 1 saturated heterocycles. The first-order valence-electron chi connectivity index (χ1n) is 9.18. The van der Waals surface area contributed by atoms with E-state index in [1.807, 2.05) is 6.92 Å². The Morgan fingerprint density at radius 2 is 2.24 bits per heavy atom. The van der Waals surface area contributed by atoms with E-state index in [0.717, 1.165) is 16.6 Å². The molecule has 1 aromatic carbocycles. The zero-order valence-electron chi connectivity index (χ0n) is 14.8. The van der Waals surface area contributed by atoms with Crippen molar-refractivity contribution < 1.29 is 9.90 Å². The highest BCUT2D eigenvalue weighted by Gasteiger charge is 2.47. The van der Waals surface area contributed by atoms with Crippen molar-refractivity contribution in [3.05, 3.63) is 35.0 Å². The van der Waals surface area contributed by atoms with Gasteiger partial charge in [-0.1, -0.05) is 28.7 Å². The summed E-state index contributed by atoms with van der Waals surface area (Å²) in [6.45, 7) is 5.36. The van der Waals surface area contributed by atoms with Crippen molar-refractivity contribution in [2.24, 2.45) is 0 Å². The fourth-order valence-electron chi connectivity index (χ4n) is 5.27. The molecular weight excluding hydrogens is 427 g/mol. The number of carboxylic acids is 1. The number of carboxylic acid groups (broad SMARTS) is 1. The Hall–Kier alpha value is -1.08. The van der Waals surface area contributed by atoms with Crippen LogP contribution in [-0.2, 0) is 0 Å². The number of alkyl halides is 1. The van der Waals surface area contributed by atoms with E-state index in [1.165, 1.54) is 44.2 Å². The third kappa shape index (κ3) is 2.79. The Balaban J connectivity index is 1.67. The molecule has 2 aliphatic rings. The second-order valence-electron chi connectivity index (χ2n) is 7.77. The van der Waals surface area contributed by atoms with E-state index in [2.05, 4.69) is 57.6 Å².